The molecule has 23 aromatic rings. The molecule has 0 spiro atoms. The smallest absolute Gasteiger partial charge is 0.0463 e. The first kappa shape index (κ1) is 90.0. The molecule has 0 N–H and O–H groups in total. The molecule has 0 unspecified atom stereocenters. The molecule has 0 aliphatic carbocycles. The zero-order chi connectivity index (χ0) is 96.4. The molecule has 23 aromatic carbocycles. The summed E-state index contributed by atoms with van der Waals surface area (Å²) in [5.41, 5.74) is 41.1. The molecule has 0 bridgehead atoms. The second kappa shape index (κ2) is 42.9. The van der Waals surface area contributed by atoms with Crippen LogP contribution in [0.15, 0.2) is 619 Å². The van der Waals surface area contributed by atoms with Crippen molar-refractivity contribution in [2.24, 2.45) is 0 Å². The Hall–Kier alpha value is -19.1. The van der Waals surface area contributed by atoms with Gasteiger partial charge in [-0.25, -0.2) is 0 Å². The van der Waals surface area contributed by atoms with Crippen LogP contribution in [0.3, 0.4) is 0 Å². The highest BCUT2D eigenvalue weighted by Crippen LogP contribution is 2.47. The van der Waals surface area contributed by atoms with E-state index < -0.39 is 0 Å². The van der Waals surface area contributed by atoms with E-state index in [0.717, 1.165) is 119 Å². The number of benzene rings is 23. The van der Waals surface area contributed by atoms with E-state index in [1.165, 1.54) is 83.5 Å². The van der Waals surface area contributed by atoms with Crippen molar-refractivity contribution in [3.8, 4) is 100 Å². The van der Waals surface area contributed by atoms with Gasteiger partial charge in [0.1, 0.15) is 0 Å². The fraction of sp³-hybridized carbons (Fsp3) is 0. The maximum atomic E-state index is 2.33. The van der Waals surface area contributed by atoms with Gasteiger partial charge in [-0.2, -0.15) is 0 Å². The minimum atomic E-state index is 1.07. The number of hydrogen-bond donors (Lipinski definition) is 0. The molecule has 144 heavy (non-hydrogen) atoms. The summed E-state index contributed by atoms with van der Waals surface area (Å²) in [7, 11) is 0. The molecule has 684 valence electrons. The van der Waals surface area contributed by atoms with E-state index in [1.807, 2.05) is 0 Å². The van der Waals surface area contributed by atoms with Crippen molar-refractivity contribution in [3.05, 3.63) is 619 Å². The third-order valence-electron chi connectivity index (χ3n) is 26.6. The molecular weight excluding hydrogens is 1740 g/mol. The highest BCUT2D eigenvalue weighted by atomic mass is 15.2. The van der Waals surface area contributed by atoms with E-state index in [1.54, 1.807) is 0 Å². The van der Waals surface area contributed by atoms with Crippen molar-refractivity contribution < 1.29 is 0 Å². The van der Waals surface area contributed by atoms with Crippen molar-refractivity contribution in [2.75, 3.05) is 29.4 Å². The molecule has 0 heterocycles. The fourth-order valence-electron chi connectivity index (χ4n) is 19.2. The number of rotatable bonds is 27. The maximum absolute atomic E-state index is 2.33. The van der Waals surface area contributed by atoms with Gasteiger partial charge in [-0.05, 0) is 319 Å². The zero-order valence-electron chi connectivity index (χ0n) is 79.6. The van der Waals surface area contributed by atoms with Crippen molar-refractivity contribution in [3.63, 3.8) is 0 Å². The number of nitrogens with zero attached hydrogens (tertiary/aromatic N) is 6. The standard InChI is InChI=1S/C72H53N3.C66H49N3/c1-6-16-54(17-7-1)58-30-42-70(43-31-58)75(71-44-32-59(33-45-71)55-18-8-2-9-19-55)72-52-40-63(41-53-72)62-38-50-69(51-39-62)74(66-24-14-5-15-25-66)68-48-36-61(37-49-68)57-28-26-56(27-29-57)60-34-46-67(47-35-60)73(64-20-10-3-11-21-64)65-22-12-4-13-23-65;1-6-16-50(17-7-1)54-30-38-63(39-31-54)69(64-40-32-55(33-41-64)51-18-8-2-9-19-51)66-48-46-65(47-49-66)68(60-24-14-5-15-25-60)62-44-36-57(37-45-62)53-28-26-52(27-29-53)56-34-42-61(43-35-56)67(58-20-10-3-11-21-58)59-22-12-4-13-23-59/h1-53H;1-49H. The molecule has 0 saturated heterocycles. The quantitative estimate of drug-likeness (QED) is 0.0507. The average molecular weight is 1840 g/mol. The lowest BCUT2D eigenvalue weighted by Gasteiger charge is -2.28. The van der Waals surface area contributed by atoms with Crippen LogP contribution in [0.4, 0.5) is 102 Å². The van der Waals surface area contributed by atoms with E-state index in [0.29, 0.717) is 0 Å². The van der Waals surface area contributed by atoms with Crippen LogP contribution in [0.25, 0.3) is 100 Å². The maximum Gasteiger partial charge on any atom is 0.0463 e. The van der Waals surface area contributed by atoms with Gasteiger partial charge >= 0.3 is 0 Å². The monoisotopic (exact) mass is 1840 g/mol. The van der Waals surface area contributed by atoms with Crippen LogP contribution >= 0.6 is 0 Å². The first-order valence-electron chi connectivity index (χ1n) is 49.1. The summed E-state index contributed by atoms with van der Waals surface area (Å²) in [6, 6.07) is 221. The highest BCUT2D eigenvalue weighted by Gasteiger charge is 2.23. The van der Waals surface area contributed by atoms with Crippen LogP contribution in [0.2, 0.25) is 0 Å². The molecule has 0 aliphatic heterocycles. The lowest BCUT2D eigenvalue weighted by atomic mass is 9.99. The number of anilines is 18. The van der Waals surface area contributed by atoms with Gasteiger partial charge in [0, 0.05) is 102 Å². The third kappa shape index (κ3) is 20.4. The summed E-state index contributed by atoms with van der Waals surface area (Å²) in [6.45, 7) is 0. The van der Waals surface area contributed by atoms with Gasteiger partial charge < -0.3 is 29.4 Å². The Morgan fingerprint density at radius 1 is 0.0556 bits per heavy atom. The Balaban J connectivity index is 0.000000165. The summed E-state index contributed by atoms with van der Waals surface area (Å²) in [5.74, 6) is 0. The summed E-state index contributed by atoms with van der Waals surface area (Å²) < 4.78 is 0. The van der Waals surface area contributed by atoms with Crippen LogP contribution in [-0.4, -0.2) is 0 Å². The number of para-hydroxylation sites is 6. The molecule has 0 saturated carbocycles. The summed E-state index contributed by atoms with van der Waals surface area (Å²) >= 11 is 0. The second-order valence-corrected chi connectivity index (χ2v) is 35.6. The summed E-state index contributed by atoms with van der Waals surface area (Å²) in [6.07, 6.45) is 0. The molecule has 0 radical (unpaired) electrons. The summed E-state index contributed by atoms with van der Waals surface area (Å²) in [5, 5.41) is 0. The van der Waals surface area contributed by atoms with Crippen LogP contribution < -0.4 is 29.4 Å². The minimum absolute atomic E-state index is 1.07. The van der Waals surface area contributed by atoms with E-state index in [-0.39, 0.29) is 0 Å². The molecule has 0 atom stereocenters. The van der Waals surface area contributed by atoms with Gasteiger partial charge in [-0.1, -0.05) is 400 Å². The molecular formula is C138H102N6. The fourth-order valence-corrected chi connectivity index (χ4v) is 19.2. The summed E-state index contributed by atoms with van der Waals surface area (Å²) in [4.78, 5) is 13.9. The Morgan fingerprint density at radius 3 is 0.215 bits per heavy atom. The van der Waals surface area contributed by atoms with Gasteiger partial charge in [0.15, 0.2) is 0 Å². The lowest BCUT2D eigenvalue weighted by molar-refractivity contribution is 1.26. The Labute approximate surface area is 844 Å². The van der Waals surface area contributed by atoms with E-state index >= 15 is 0 Å². The van der Waals surface area contributed by atoms with Gasteiger partial charge in [-0.15, -0.1) is 0 Å². The van der Waals surface area contributed by atoms with E-state index in [4.69, 9.17) is 0 Å². The molecule has 6 heteroatoms. The van der Waals surface area contributed by atoms with Crippen LogP contribution in [0, 0.1) is 0 Å². The SMILES string of the molecule is c1ccc(-c2ccc(N(c3ccc(-c4ccccc4)cc3)c3ccc(-c4ccc(N(c5ccccc5)c5ccc(-c6ccc(-c7ccc(N(c8ccccc8)c8ccccc8)cc7)cc6)cc5)cc4)cc3)cc2)cc1.c1ccc(-c2ccc(N(c3ccc(-c4ccccc4)cc3)c3ccc(N(c4ccccc4)c4ccc(-c5ccc(-c6ccc(N(c7ccccc7)c7ccccc7)cc6)cc5)cc4)cc3)cc2)cc1. The topological polar surface area (TPSA) is 19.4 Å². The number of hydrogen-bond acceptors (Lipinski definition) is 6. The van der Waals surface area contributed by atoms with Gasteiger partial charge in [0.2, 0.25) is 0 Å². The average Bonchev–Trinajstić information content (AvgIpc) is 0.786. The second-order valence-electron chi connectivity index (χ2n) is 35.6. The van der Waals surface area contributed by atoms with Crippen molar-refractivity contribution in [1.29, 1.82) is 0 Å². The first-order valence-corrected chi connectivity index (χ1v) is 49.1. The molecule has 0 fully saturated rings. The lowest BCUT2D eigenvalue weighted by Crippen LogP contribution is -2.12. The van der Waals surface area contributed by atoms with Crippen LogP contribution in [0.5, 0.6) is 0 Å². The predicted octanol–water partition coefficient (Wildman–Crippen LogP) is 39.2. The van der Waals surface area contributed by atoms with E-state index in [9.17, 15) is 0 Å². The molecule has 0 aromatic heterocycles. The molecule has 6 nitrogen and oxygen atoms in total. The minimum Gasteiger partial charge on any atom is -0.311 e. The predicted molar refractivity (Wildman–Crippen MR) is 610 cm³/mol. The Morgan fingerprint density at radius 2 is 0.118 bits per heavy atom. The zero-order valence-corrected chi connectivity index (χ0v) is 79.6. The van der Waals surface area contributed by atoms with Crippen LogP contribution in [0.1, 0.15) is 0 Å². The first-order chi connectivity index (χ1) is 71.4. The van der Waals surface area contributed by atoms with Gasteiger partial charge in [0.05, 0.1) is 0 Å². The van der Waals surface area contributed by atoms with Gasteiger partial charge in [-0.3, -0.25) is 0 Å². The van der Waals surface area contributed by atoms with Crippen LogP contribution in [-0.2, 0) is 0 Å². The Kier molecular flexibility index (Phi) is 26.8. The van der Waals surface area contributed by atoms with Crippen molar-refractivity contribution in [2.45, 2.75) is 0 Å². The van der Waals surface area contributed by atoms with Crippen molar-refractivity contribution in [1.82, 2.24) is 0 Å². The Bertz CT molecular complexity index is 7790. The van der Waals surface area contributed by atoms with Gasteiger partial charge in [0.25, 0.3) is 0 Å². The molecule has 0 amide bonds. The van der Waals surface area contributed by atoms with Crippen molar-refractivity contribution >= 4 is 102 Å². The highest BCUT2D eigenvalue weighted by molar-refractivity contribution is 5.89. The largest absolute Gasteiger partial charge is 0.311 e. The normalized spacial score (nSPS) is 10.9. The molecule has 0 aliphatic rings. The van der Waals surface area contributed by atoms with E-state index in [2.05, 4.69) is 648 Å². The molecule has 23 rings (SSSR count). The third-order valence-corrected chi connectivity index (χ3v) is 26.6.